The first-order chi connectivity index (χ1) is 12.3. The molecule has 3 aromatic rings. The Morgan fingerprint density at radius 2 is 1.72 bits per heavy atom. The van der Waals surface area contributed by atoms with Crippen LogP contribution in [-0.4, -0.2) is 24.5 Å². The summed E-state index contributed by atoms with van der Waals surface area (Å²) in [4.78, 5) is 8.96. The van der Waals surface area contributed by atoms with Crippen molar-refractivity contribution in [1.29, 1.82) is 0 Å². The smallest absolute Gasteiger partial charge is 0.191 e. The summed E-state index contributed by atoms with van der Waals surface area (Å²) >= 11 is 1.67. The zero-order valence-electron chi connectivity index (χ0n) is 14.3. The van der Waals surface area contributed by atoms with Crippen molar-refractivity contribution in [2.24, 2.45) is 4.99 Å². The van der Waals surface area contributed by atoms with Crippen LogP contribution in [0.15, 0.2) is 71.0 Å². The molecule has 2 aromatic carbocycles. The van der Waals surface area contributed by atoms with E-state index in [4.69, 9.17) is 0 Å². The SMILES string of the molecule is CN=C(NCCc1ccccc1)NCc1csc(-c2ccccc2)n1. The van der Waals surface area contributed by atoms with Crippen LogP contribution in [-0.2, 0) is 13.0 Å². The fourth-order valence-corrected chi connectivity index (χ4v) is 3.29. The van der Waals surface area contributed by atoms with Gasteiger partial charge in [-0.15, -0.1) is 11.3 Å². The molecule has 5 heteroatoms. The van der Waals surface area contributed by atoms with Crippen molar-refractivity contribution in [3.8, 4) is 10.6 Å². The molecule has 0 bridgehead atoms. The molecular formula is C20H22N4S. The van der Waals surface area contributed by atoms with Crippen molar-refractivity contribution in [2.45, 2.75) is 13.0 Å². The number of aliphatic imine (C=N–C) groups is 1. The van der Waals surface area contributed by atoms with Gasteiger partial charge in [0, 0.05) is 24.5 Å². The molecule has 4 nitrogen and oxygen atoms in total. The van der Waals surface area contributed by atoms with Gasteiger partial charge in [0.1, 0.15) is 5.01 Å². The molecular weight excluding hydrogens is 328 g/mol. The van der Waals surface area contributed by atoms with Crippen LogP contribution < -0.4 is 10.6 Å². The highest BCUT2D eigenvalue weighted by Gasteiger charge is 2.05. The van der Waals surface area contributed by atoms with Crippen LogP contribution in [0.25, 0.3) is 10.6 Å². The minimum atomic E-state index is 0.661. The quantitative estimate of drug-likeness (QED) is 0.526. The summed E-state index contributed by atoms with van der Waals surface area (Å²) in [5.74, 6) is 0.796. The van der Waals surface area contributed by atoms with Gasteiger partial charge in [-0.2, -0.15) is 0 Å². The second-order valence-corrected chi connectivity index (χ2v) is 6.46. The third-order valence-electron chi connectivity index (χ3n) is 3.78. The molecule has 0 fully saturated rings. The molecule has 0 radical (unpaired) electrons. The van der Waals surface area contributed by atoms with E-state index in [2.05, 4.69) is 62.4 Å². The monoisotopic (exact) mass is 350 g/mol. The molecule has 0 aliphatic heterocycles. The maximum absolute atomic E-state index is 4.69. The van der Waals surface area contributed by atoms with E-state index < -0.39 is 0 Å². The number of nitrogens with zero attached hydrogens (tertiary/aromatic N) is 2. The van der Waals surface area contributed by atoms with E-state index in [0.29, 0.717) is 6.54 Å². The Hall–Kier alpha value is -2.66. The van der Waals surface area contributed by atoms with E-state index in [-0.39, 0.29) is 0 Å². The number of hydrogen-bond donors (Lipinski definition) is 2. The highest BCUT2D eigenvalue weighted by atomic mass is 32.1. The highest BCUT2D eigenvalue weighted by Crippen LogP contribution is 2.23. The molecule has 1 heterocycles. The van der Waals surface area contributed by atoms with Gasteiger partial charge in [-0.1, -0.05) is 60.7 Å². The molecule has 0 spiro atoms. The summed E-state index contributed by atoms with van der Waals surface area (Å²) < 4.78 is 0. The maximum atomic E-state index is 4.69. The first-order valence-corrected chi connectivity index (χ1v) is 9.21. The van der Waals surface area contributed by atoms with E-state index >= 15 is 0 Å². The van der Waals surface area contributed by atoms with Gasteiger partial charge in [0.25, 0.3) is 0 Å². The Bertz CT molecular complexity index is 797. The molecule has 0 amide bonds. The second kappa shape index (κ2) is 8.99. The largest absolute Gasteiger partial charge is 0.356 e. The Balaban J connectivity index is 1.47. The van der Waals surface area contributed by atoms with Crippen LogP contribution in [0, 0.1) is 0 Å². The van der Waals surface area contributed by atoms with E-state index in [9.17, 15) is 0 Å². The molecule has 3 rings (SSSR count). The van der Waals surface area contributed by atoms with Gasteiger partial charge >= 0.3 is 0 Å². The van der Waals surface area contributed by atoms with Crippen LogP contribution in [0.2, 0.25) is 0 Å². The Labute approximate surface area is 152 Å². The van der Waals surface area contributed by atoms with Crippen molar-refractivity contribution in [1.82, 2.24) is 15.6 Å². The number of aromatic nitrogens is 1. The van der Waals surface area contributed by atoms with Crippen molar-refractivity contribution < 1.29 is 0 Å². The number of thiazole rings is 1. The number of guanidine groups is 1. The number of nitrogens with one attached hydrogen (secondary N) is 2. The number of rotatable bonds is 6. The highest BCUT2D eigenvalue weighted by molar-refractivity contribution is 7.13. The molecule has 0 aliphatic rings. The van der Waals surface area contributed by atoms with Gasteiger partial charge in [-0.25, -0.2) is 4.98 Å². The van der Waals surface area contributed by atoms with Gasteiger partial charge in [0.2, 0.25) is 0 Å². The first-order valence-electron chi connectivity index (χ1n) is 8.33. The summed E-state index contributed by atoms with van der Waals surface area (Å²) in [6.45, 7) is 1.50. The van der Waals surface area contributed by atoms with Gasteiger partial charge in [-0.05, 0) is 12.0 Å². The van der Waals surface area contributed by atoms with Crippen LogP contribution in [0.4, 0.5) is 0 Å². The minimum absolute atomic E-state index is 0.661. The van der Waals surface area contributed by atoms with Gasteiger partial charge < -0.3 is 10.6 Å². The Morgan fingerprint density at radius 3 is 2.44 bits per heavy atom. The lowest BCUT2D eigenvalue weighted by Gasteiger charge is -2.11. The summed E-state index contributed by atoms with van der Waals surface area (Å²) in [5.41, 5.74) is 3.50. The number of benzene rings is 2. The molecule has 0 saturated carbocycles. The van der Waals surface area contributed by atoms with E-state index in [0.717, 1.165) is 35.2 Å². The first kappa shape index (κ1) is 17.2. The van der Waals surface area contributed by atoms with Crippen LogP contribution >= 0.6 is 11.3 Å². The van der Waals surface area contributed by atoms with Crippen molar-refractivity contribution >= 4 is 17.3 Å². The summed E-state index contributed by atoms with van der Waals surface area (Å²) in [6.07, 6.45) is 0.969. The average molecular weight is 350 g/mol. The van der Waals surface area contributed by atoms with E-state index in [1.54, 1.807) is 18.4 Å². The van der Waals surface area contributed by atoms with Crippen LogP contribution in [0.5, 0.6) is 0 Å². The Kier molecular flexibility index (Phi) is 6.17. The molecule has 128 valence electrons. The fourth-order valence-electron chi connectivity index (χ4n) is 2.47. The lowest BCUT2D eigenvalue weighted by molar-refractivity contribution is 0.786. The molecule has 0 unspecified atom stereocenters. The summed E-state index contributed by atoms with van der Waals surface area (Å²) in [6, 6.07) is 20.7. The van der Waals surface area contributed by atoms with Crippen LogP contribution in [0.3, 0.4) is 0 Å². The molecule has 0 atom stereocenters. The summed E-state index contributed by atoms with van der Waals surface area (Å²) in [5, 5.41) is 9.80. The third kappa shape index (κ3) is 5.16. The zero-order chi connectivity index (χ0) is 17.3. The van der Waals surface area contributed by atoms with Crippen LogP contribution in [0.1, 0.15) is 11.3 Å². The fraction of sp³-hybridized carbons (Fsp3) is 0.200. The number of hydrogen-bond acceptors (Lipinski definition) is 3. The van der Waals surface area contributed by atoms with Gasteiger partial charge in [0.05, 0.1) is 12.2 Å². The predicted octanol–water partition coefficient (Wildman–Crippen LogP) is 3.72. The molecule has 1 aromatic heterocycles. The molecule has 0 aliphatic carbocycles. The standard InChI is InChI=1S/C20H22N4S/c1-21-20(22-13-12-16-8-4-2-5-9-16)23-14-18-15-25-19(24-18)17-10-6-3-7-11-17/h2-11,15H,12-14H2,1H3,(H2,21,22,23). The second-order valence-electron chi connectivity index (χ2n) is 5.60. The van der Waals surface area contributed by atoms with Gasteiger partial charge in [-0.3, -0.25) is 4.99 Å². The Morgan fingerprint density at radius 1 is 1.00 bits per heavy atom. The zero-order valence-corrected chi connectivity index (χ0v) is 15.1. The molecule has 25 heavy (non-hydrogen) atoms. The molecule has 2 N–H and O–H groups in total. The lowest BCUT2D eigenvalue weighted by Crippen LogP contribution is -2.37. The lowest BCUT2D eigenvalue weighted by atomic mass is 10.1. The normalized spacial score (nSPS) is 11.3. The predicted molar refractivity (Wildman–Crippen MR) is 106 cm³/mol. The third-order valence-corrected chi connectivity index (χ3v) is 4.72. The average Bonchev–Trinajstić information content (AvgIpc) is 3.15. The van der Waals surface area contributed by atoms with Crippen molar-refractivity contribution in [3.63, 3.8) is 0 Å². The maximum Gasteiger partial charge on any atom is 0.191 e. The van der Waals surface area contributed by atoms with E-state index in [1.807, 2.05) is 24.3 Å². The summed E-state index contributed by atoms with van der Waals surface area (Å²) in [7, 11) is 1.79. The minimum Gasteiger partial charge on any atom is -0.356 e. The molecule has 0 saturated heterocycles. The van der Waals surface area contributed by atoms with E-state index in [1.165, 1.54) is 5.56 Å². The van der Waals surface area contributed by atoms with Gasteiger partial charge in [0.15, 0.2) is 5.96 Å². The topological polar surface area (TPSA) is 49.3 Å². The van der Waals surface area contributed by atoms with Crippen molar-refractivity contribution in [2.75, 3.05) is 13.6 Å². The van der Waals surface area contributed by atoms with Crippen molar-refractivity contribution in [3.05, 3.63) is 77.3 Å².